The van der Waals surface area contributed by atoms with Crippen LogP contribution in [0.1, 0.15) is 13.8 Å². The lowest BCUT2D eigenvalue weighted by atomic mass is 10.1. The molecule has 21 heavy (non-hydrogen) atoms. The first kappa shape index (κ1) is 15.5. The third-order valence-corrected chi connectivity index (χ3v) is 3.25. The summed E-state index contributed by atoms with van der Waals surface area (Å²) in [7, 11) is 1.69. The minimum Gasteiger partial charge on any atom is -0.489 e. The van der Waals surface area contributed by atoms with E-state index in [4.69, 9.17) is 4.74 Å². The summed E-state index contributed by atoms with van der Waals surface area (Å²) < 4.78 is 7.20. The number of fused-ring (bicyclic) bond motifs is 1. The number of benzene rings is 1. The highest BCUT2D eigenvalue weighted by Crippen LogP contribution is 2.22. The van der Waals surface area contributed by atoms with Gasteiger partial charge in [0, 0.05) is 31.2 Å². The molecule has 2 N–H and O–H groups in total. The summed E-state index contributed by atoms with van der Waals surface area (Å²) in [6, 6.07) is 7.64. The maximum atomic E-state index is 12.0. The van der Waals surface area contributed by atoms with Crippen LogP contribution < -0.4 is 15.6 Å². The average molecular weight is 290 g/mol. The van der Waals surface area contributed by atoms with Gasteiger partial charge in [-0.05, 0) is 6.07 Å². The van der Waals surface area contributed by atoms with Crippen LogP contribution in [0.2, 0.25) is 0 Å². The minimum atomic E-state index is -0.594. The summed E-state index contributed by atoms with van der Waals surface area (Å²) in [5, 5.41) is 14.4. The van der Waals surface area contributed by atoms with Crippen LogP contribution >= 0.6 is 0 Å². The van der Waals surface area contributed by atoms with E-state index in [2.05, 4.69) is 5.32 Å². The van der Waals surface area contributed by atoms with Crippen molar-refractivity contribution in [3.63, 3.8) is 0 Å². The van der Waals surface area contributed by atoms with E-state index in [1.54, 1.807) is 19.3 Å². The Hall–Kier alpha value is -1.85. The summed E-state index contributed by atoms with van der Waals surface area (Å²) in [6.07, 6.45) is 1.07. The second-order valence-electron chi connectivity index (χ2n) is 5.48. The number of aryl methyl sites for hydroxylation is 1. The van der Waals surface area contributed by atoms with Gasteiger partial charge in [0.05, 0.1) is 5.39 Å². The van der Waals surface area contributed by atoms with Gasteiger partial charge in [-0.3, -0.25) is 4.79 Å². The minimum absolute atomic E-state index is 0.0556. The average Bonchev–Trinajstić information content (AvgIpc) is 2.47. The van der Waals surface area contributed by atoms with Crippen molar-refractivity contribution in [3.8, 4) is 5.75 Å². The van der Waals surface area contributed by atoms with Crippen molar-refractivity contribution in [2.75, 3.05) is 13.2 Å². The van der Waals surface area contributed by atoms with Crippen molar-refractivity contribution in [3.05, 3.63) is 40.8 Å². The van der Waals surface area contributed by atoms with Crippen molar-refractivity contribution >= 4 is 10.8 Å². The Morgan fingerprint density at radius 3 is 2.62 bits per heavy atom. The van der Waals surface area contributed by atoms with Crippen LogP contribution in [-0.4, -0.2) is 35.0 Å². The zero-order valence-electron chi connectivity index (χ0n) is 12.7. The maximum absolute atomic E-state index is 12.0. The van der Waals surface area contributed by atoms with Crippen LogP contribution in [0.25, 0.3) is 10.8 Å². The molecule has 5 nitrogen and oxygen atoms in total. The number of hydrogen-bond acceptors (Lipinski definition) is 4. The predicted octanol–water partition coefficient (Wildman–Crippen LogP) is 1.28. The Morgan fingerprint density at radius 1 is 1.29 bits per heavy atom. The van der Waals surface area contributed by atoms with Gasteiger partial charge in [0.2, 0.25) is 0 Å². The molecule has 0 bridgehead atoms. The van der Waals surface area contributed by atoms with Crippen LogP contribution in [0.3, 0.4) is 0 Å². The lowest BCUT2D eigenvalue weighted by molar-refractivity contribution is 0.105. The second-order valence-corrected chi connectivity index (χ2v) is 5.48. The van der Waals surface area contributed by atoms with Gasteiger partial charge in [-0.1, -0.05) is 32.0 Å². The second kappa shape index (κ2) is 6.74. The Kier molecular flexibility index (Phi) is 4.98. The molecule has 0 saturated heterocycles. The Balaban J connectivity index is 2.15. The molecule has 0 aliphatic heterocycles. The van der Waals surface area contributed by atoms with Gasteiger partial charge < -0.3 is 19.7 Å². The summed E-state index contributed by atoms with van der Waals surface area (Å²) in [5.41, 5.74) is -0.0556. The van der Waals surface area contributed by atoms with E-state index in [1.165, 1.54) is 4.57 Å². The Labute approximate surface area is 124 Å². The van der Waals surface area contributed by atoms with E-state index in [9.17, 15) is 9.90 Å². The molecular weight excluding hydrogens is 268 g/mol. The van der Waals surface area contributed by atoms with E-state index >= 15 is 0 Å². The van der Waals surface area contributed by atoms with E-state index in [0.717, 1.165) is 5.39 Å². The van der Waals surface area contributed by atoms with Crippen LogP contribution in [0.15, 0.2) is 35.3 Å². The molecule has 1 unspecified atom stereocenters. The number of pyridine rings is 1. The molecule has 0 amide bonds. The van der Waals surface area contributed by atoms with E-state index in [-0.39, 0.29) is 12.2 Å². The molecule has 1 heterocycles. The highest BCUT2D eigenvalue weighted by Gasteiger charge is 2.10. The van der Waals surface area contributed by atoms with Crippen molar-refractivity contribution in [2.24, 2.45) is 7.05 Å². The lowest BCUT2D eigenvalue weighted by Crippen LogP contribution is -2.35. The largest absolute Gasteiger partial charge is 0.489 e. The van der Waals surface area contributed by atoms with Gasteiger partial charge in [0.1, 0.15) is 18.5 Å². The summed E-state index contributed by atoms with van der Waals surface area (Å²) in [5.74, 6) is 0.608. The molecular formula is C16H22N2O3. The summed E-state index contributed by atoms with van der Waals surface area (Å²) in [6.45, 7) is 4.70. The molecule has 0 aliphatic rings. The fourth-order valence-electron chi connectivity index (χ4n) is 2.11. The highest BCUT2D eigenvalue weighted by atomic mass is 16.5. The molecule has 2 rings (SSSR count). The Morgan fingerprint density at radius 2 is 1.95 bits per heavy atom. The normalized spacial score (nSPS) is 12.8. The van der Waals surface area contributed by atoms with Crippen LogP contribution in [0.5, 0.6) is 5.75 Å². The summed E-state index contributed by atoms with van der Waals surface area (Å²) in [4.78, 5) is 12.0. The SMILES string of the molecule is CC(C)NCC(O)COc1cn(C)c(=O)c2ccccc12. The van der Waals surface area contributed by atoms with Crippen molar-refractivity contribution < 1.29 is 9.84 Å². The smallest absolute Gasteiger partial charge is 0.258 e. The zero-order valence-corrected chi connectivity index (χ0v) is 12.7. The fourth-order valence-corrected chi connectivity index (χ4v) is 2.11. The number of aliphatic hydroxyl groups excluding tert-OH is 1. The van der Waals surface area contributed by atoms with Crippen molar-refractivity contribution in [2.45, 2.75) is 26.0 Å². The van der Waals surface area contributed by atoms with Gasteiger partial charge in [-0.15, -0.1) is 0 Å². The van der Waals surface area contributed by atoms with Crippen molar-refractivity contribution in [1.29, 1.82) is 0 Å². The fraction of sp³-hybridized carbons (Fsp3) is 0.438. The standard InChI is InChI=1S/C16H22N2O3/c1-11(2)17-8-12(19)10-21-15-9-18(3)16(20)14-7-5-4-6-13(14)15/h4-7,9,11-12,17,19H,8,10H2,1-3H3. The predicted molar refractivity (Wildman–Crippen MR) is 83.8 cm³/mol. The van der Waals surface area contributed by atoms with Crippen LogP contribution in [-0.2, 0) is 7.05 Å². The van der Waals surface area contributed by atoms with E-state index < -0.39 is 6.10 Å². The van der Waals surface area contributed by atoms with Gasteiger partial charge in [0.25, 0.3) is 5.56 Å². The quantitative estimate of drug-likeness (QED) is 0.841. The summed E-state index contributed by atoms with van der Waals surface area (Å²) >= 11 is 0. The molecule has 0 fully saturated rings. The molecule has 0 saturated carbocycles. The number of rotatable bonds is 6. The molecule has 1 atom stereocenters. The third kappa shape index (κ3) is 3.83. The number of aromatic nitrogens is 1. The first-order valence-electron chi connectivity index (χ1n) is 7.11. The first-order chi connectivity index (χ1) is 9.99. The van der Waals surface area contributed by atoms with Crippen LogP contribution in [0, 0.1) is 0 Å². The van der Waals surface area contributed by atoms with E-state index in [1.807, 2.05) is 32.0 Å². The molecule has 1 aromatic carbocycles. The monoisotopic (exact) mass is 290 g/mol. The molecule has 0 radical (unpaired) electrons. The lowest BCUT2D eigenvalue weighted by Gasteiger charge is -2.16. The molecule has 1 aromatic heterocycles. The number of nitrogens with zero attached hydrogens (tertiary/aromatic N) is 1. The van der Waals surface area contributed by atoms with Crippen molar-refractivity contribution in [1.82, 2.24) is 9.88 Å². The van der Waals surface area contributed by atoms with Gasteiger partial charge >= 0.3 is 0 Å². The van der Waals surface area contributed by atoms with E-state index in [0.29, 0.717) is 23.7 Å². The Bertz CT molecular complexity index is 664. The van der Waals surface area contributed by atoms with Gasteiger partial charge in [-0.2, -0.15) is 0 Å². The van der Waals surface area contributed by atoms with Gasteiger partial charge in [-0.25, -0.2) is 0 Å². The van der Waals surface area contributed by atoms with Gasteiger partial charge in [0.15, 0.2) is 0 Å². The number of nitrogens with one attached hydrogen (secondary N) is 1. The molecule has 2 aromatic rings. The van der Waals surface area contributed by atoms with Crippen LogP contribution in [0.4, 0.5) is 0 Å². The molecule has 5 heteroatoms. The number of hydrogen-bond donors (Lipinski definition) is 2. The molecule has 0 aliphatic carbocycles. The molecule has 0 spiro atoms. The number of ether oxygens (including phenoxy) is 1. The maximum Gasteiger partial charge on any atom is 0.258 e. The third-order valence-electron chi connectivity index (χ3n) is 3.25. The topological polar surface area (TPSA) is 63.5 Å². The molecule has 114 valence electrons. The zero-order chi connectivity index (χ0) is 15.4. The number of aliphatic hydroxyl groups is 1. The highest BCUT2D eigenvalue weighted by molar-refractivity contribution is 5.87. The first-order valence-corrected chi connectivity index (χ1v) is 7.11.